The van der Waals surface area contributed by atoms with Gasteiger partial charge in [0.15, 0.2) is 0 Å². The smallest absolute Gasteiger partial charge is 0.251 e. The van der Waals surface area contributed by atoms with Crippen molar-refractivity contribution in [3.8, 4) is 0 Å². The summed E-state index contributed by atoms with van der Waals surface area (Å²) in [7, 11) is 0. The molecule has 0 aromatic heterocycles. The van der Waals surface area contributed by atoms with Crippen molar-refractivity contribution in [2.45, 2.75) is 38.6 Å². The van der Waals surface area contributed by atoms with Crippen LogP contribution in [0.3, 0.4) is 0 Å². The van der Waals surface area contributed by atoms with Crippen molar-refractivity contribution in [2.75, 3.05) is 6.54 Å². The highest BCUT2D eigenvalue weighted by molar-refractivity contribution is 5.95. The number of nitrogens with two attached hydrogens (primary N) is 1. The molecule has 0 spiro atoms. The second-order valence-corrected chi connectivity index (χ2v) is 5.38. The van der Waals surface area contributed by atoms with Crippen LogP contribution in [0.15, 0.2) is 18.2 Å². The van der Waals surface area contributed by atoms with Crippen LogP contribution in [0.25, 0.3) is 0 Å². The summed E-state index contributed by atoms with van der Waals surface area (Å²) in [6, 6.07) is 4.44. The molecule has 1 aliphatic rings. The molecule has 2 atom stereocenters. The van der Waals surface area contributed by atoms with Gasteiger partial charge in [0.2, 0.25) is 0 Å². The molecular weight excluding hydrogens is 243 g/mol. The maximum atomic E-state index is 13.2. The molecule has 0 bridgehead atoms. The van der Waals surface area contributed by atoms with Gasteiger partial charge in [-0.25, -0.2) is 4.39 Å². The second-order valence-electron chi connectivity index (χ2n) is 5.38. The summed E-state index contributed by atoms with van der Waals surface area (Å²) < 4.78 is 13.2. The second kappa shape index (κ2) is 6.15. The first-order valence-electron chi connectivity index (χ1n) is 6.88. The van der Waals surface area contributed by atoms with Gasteiger partial charge < -0.3 is 11.1 Å². The van der Waals surface area contributed by atoms with E-state index in [0.717, 1.165) is 18.4 Å². The standard InChI is InChI=1S/C15H21FN2O/c1-10-6-7-12(16)8-13(10)15(19)18-9-11-4-2-3-5-14(11)17/h6-8,11,14H,2-5,9,17H2,1H3,(H,18,19). The zero-order valence-corrected chi connectivity index (χ0v) is 11.3. The molecule has 1 saturated carbocycles. The van der Waals surface area contributed by atoms with Gasteiger partial charge in [-0.3, -0.25) is 4.79 Å². The van der Waals surface area contributed by atoms with Crippen molar-refractivity contribution in [1.29, 1.82) is 0 Å². The van der Waals surface area contributed by atoms with Crippen molar-refractivity contribution in [3.05, 3.63) is 35.1 Å². The van der Waals surface area contributed by atoms with Crippen LogP contribution in [0, 0.1) is 18.7 Å². The van der Waals surface area contributed by atoms with Crippen LogP contribution in [-0.2, 0) is 0 Å². The average Bonchev–Trinajstić information content (AvgIpc) is 2.40. The minimum Gasteiger partial charge on any atom is -0.352 e. The fraction of sp³-hybridized carbons (Fsp3) is 0.533. The number of rotatable bonds is 3. The van der Waals surface area contributed by atoms with Gasteiger partial charge in [0.1, 0.15) is 5.82 Å². The Balaban J connectivity index is 1.95. The molecule has 1 aromatic rings. The Morgan fingerprint density at radius 3 is 2.89 bits per heavy atom. The summed E-state index contributed by atoms with van der Waals surface area (Å²) in [5, 5.41) is 2.88. The van der Waals surface area contributed by atoms with Gasteiger partial charge in [-0.2, -0.15) is 0 Å². The van der Waals surface area contributed by atoms with E-state index in [1.165, 1.54) is 25.0 Å². The number of nitrogens with one attached hydrogen (secondary N) is 1. The first-order valence-corrected chi connectivity index (χ1v) is 6.88. The predicted octanol–water partition coefficient (Wildman–Crippen LogP) is 2.38. The summed E-state index contributed by atoms with van der Waals surface area (Å²) in [6.45, 7) is 2.39. The molecular formula is C15H21FN2O. The van der Waals surface area contributed by atoms with Crippen LogP contribution in [-0.4, -0.2) is 18.5 Å². The third kappa shape index (κ3) is 3.53. The molecule has 0 aliphatic heterocycles. The Morgan fingerprint density at radius 2 is 2.16 bits per heavy atom. The van der Waals surface area contributed by atoms with E-state index in [9.17, 15) is 9.18 Å². The molecule has 1 amide bonds. The lowest BCUT2D eigenvalue weighted by atomic mass is 9.85. The monoisotopic (exact) mass is 264 g/mol. The van der Waals surface area contributed by atoms with Gasteiger partial charge >= 0.3 is 0 Å². The summed E-state index contributed by atoms with van der Waals surface area (Å²) in [5.41, 5.74) is 7.24. The number of halogens is 1. The summed E-state index contributed by atoms with van der Waals surface area (Å²) in [4.78, 5) is 12.0. The number of carbonyl (C=O) groups is 1. The predicted molar refractivity (Wildman–Crippen MR) is 73.4 cm³/mol. The maximum absolute atomic E-state index is 13.2. The van der Waals surface area contributed by atoms with Crippen molar-refractivity contribution in [3.63, 3.8) is 0 Å². The summed E-state index contributed by atoms with van der Waals surface area (Å²) in [5.74, 6) is -0.258. The zero-order chi connectivity index (χ0) is 13.8. The maximum Gasteiger partial charge on any atom is 0.251 e. The Bertz CT molecular complexity index is 461. The van der Waals surface area contributed by atoms with Gasteiger partial charge in [-0.1, -0.05) is 18.9 Å². The molecule has 2 rings (SSSR count). The van der Waals surface area contributed by atoms with E-state index in [1.807, 2.05) is 0 Å². The molecule has 3 N–H and O–H groups in total. The van der Waals surface area contributed by atoms with Gasteiger partial charge in [-0.15, -0.1) is 0 Å². The highest BCUT2D eigenvalue weighted by Gasteiger charge is 2.22. The molecule has 1 fully saturated rings. The summed E-state index contributed by atoms with van der Waals surface area (Å²) >= 11 is 0. The third-order valence-corrected chi connectivity index (χ3v) is 3.94. The Hall–Kier alpha value is -1.42. The highest BCUT2D eigenvalue weighted by atomic mass is 19.1. The Kier molecular flexibility index (Phi) is 4.53. The van der Waals surface area contributed by atoms with Crippen molar-refractivity contribution in [1.82, 2.24) is 5.32 Å². The fourth-order valence-corrected chi connectivity index (χ4v) is 2.65. The molecule has 0 radical (unpaired) electrons. The SMILES string of the molecule is Cc1ccc(F)cc1C(=O)NCC1CCCCC1N. The van der Waals surface area contributed by atoms with Crippen LogP contribution in [0.5, 0.6) is 0 Å². The van der Waals surface area contributed by atoms with Crippen molar-refractivity contribution >= 4 is 5.91 Å². The quantitative estimate of drug-likeness (QED) is 0.880. The van der Waals surface area contributed by atoms with E-state index in [4.69, 9.17) is 5.73 Å². The number of aryl methyl sites for hydroxylation is 1. The molecule has 3 nitrogen and oxygen atoms in total. The number of hydrogen-bond donors (Lipinski definition) is 2. The molecule has 19 heavy (non-hydrogen) atoms. The Labute approximate surface area is 113 Å². The van der Waals surface area contributed by atoms with Crippen molar-refractivity contribution in [2.24, 2.45) is 11.7 Å². The molecule has 4 heteroatoms. The van der Waals surface area contributed by atoms with E-state index in [2.05, 4.69) is 5.32 Å². The van der Waals surface area contributed by atoms with E-state index < -0.39 is 0 Å². The normalized spacial score (nSPS) is 23.1. The first-order chi connectivity index (χ1) is 9.08. The Morgan fingerprint density at radius 1 is 1.42 bits per heavy atom. The van der Waals surface area contributed by atoms with Crippen LogP contribution < -0.4 is 11.1 Å². The lowest BCUT2D eigenvalue weighted by molar-refractivity contribution is 0.0940. The first kappa shape index (κ1) is 14.0. The molecule has 104 valence electrons. The van der Waals surface area contributed by atoms with Gasteiger partial charge in [0.05, 0.1) is 0 Å². The fourth-order valence-electron chi connectivity index (χ4n) is 2.65. The zero-order valence-electron chi connectivity index (χ0n) is 11.3. The molecule has 0 heterocycles. The van der Waals surface area contributed by atoms with Gasteiger partial charge in [0.25, 0.3) is 5.91 Å². The van der Waals surface area contributed by atoms with E-state index in [-0.39, 0.29) is 17.8 Å². The lowest BCUT2D eigenvalue weighted by Crippen LogP contribution is -2.41. The largest absolute Gasteiger partial charge is 0.352 e. The van der Waals surface area contributed by atoms with E-state index in [1.54, 1.807) is 13.0 Å². The number of amides is 1. The minimum atomic E-state index is -0.384. The number of hydrogen-bond acceptors (Lipinski definition) is 2. The van der Waals surface area contributed by atoms with Crippen molar-refractivity contribution < 1.29 is 9.18 Å². The highest BCUT2D eigenvalue weighted by Crippen LogP contribution is 2.22. The van der Waals surface area contributed by atoms with E-state index >= 15 is 0 Å². The van der Waals surface area contributed by atoms with Crippen LogP contribution in [0.1, 0.15) is 41.6 Å². The van der Waals surface area contributed by atoms with E-state index in [0.29, 0.717) is 18.0 Å². The van der Waals surface area contributed by atoms with Crippen LogP contribution in [0.4, 0.5) is 4.39 Å². The lowest BCUT2D eigenvalue weighted by Gasteiger charge is -2.28. The third-order valence-electron chi connectivity index (χ3n) is 3.94. The molecule has 1 aliphatic carbocycles. The van der Waals surface area contributed by atoms with Gasteiger partial charge in [0, 0.05) is 18.2 Å². The summed E-state index contributed by atoms with van der Waals surface area (Å²) in [6.07, 6.45) is 4.44. The van der Waals surface area contributed by atoms with Gasteiger partial charge in [-0.05, 0) is 43.4 Å². The molecule has 0 saturated heterocycles. The van der Waals surface area contributed by atoms with Crippen LogP contribution in [0.2, 0.25) is 0 Å². The minimum absolute atomic E-state index is 0.169. The topological polar surface area (TPSA) is 55.1 Å². The van der Waals surface area contributed by atoms with Crippen LogP contribution >= 0.6 is 0 Å². The molecule has 1 aromatic carbocycles. The molecule has 2 unspecified atom stereocenters. The average molecular weight is 264 g/mol. The number of carbonyl (C=O) groups excluding carboxylic acids is 1. The number of benzene rings is 1.